The Morgan fingerprint density at radius 2 is 1.38 bits per heavy atom. The predicted molar refractivity (Wildman–Crippen MR) is 116 cm³/mol. The molecule has 10 nitrogen and oxygen atoms in total. The van der Waals surface area contributed by atoms with E-state index in [-0.39, 0.29) is 34.5 Å². The van der Waals surface area contributed by atoms with E-state index in [1.165, 1.54) is 24.3 Å². The summed E-state index contributed by atoms with van der Waals surface area (Å²) in [6, 6.07) is 11.8. The van der Waals surface area contributed by atoms with Crippen molar-refractivity contribution >= 4 is 26.2 Å². The lowest BCUT2D eigenvalue weighted by atomic mass is 10.2. The largest absolute Gasteiger partial charge is 0.486 e. The molecule has 2 aliphatic rings. The average Bonchev–Trinajstić information content (AvgIpc) is 3.14. The molecule has 2 unspecified atom stereocenters. The van der Waals surface area contributed by atoms with Gasteiger partial charge in [-0.15, -0.1) is 0 Å². The summed E-state index contributed by atoms with van der Waals surface area (Å²) in [6.45, 7) is 3.00. The predicted octanol–water partition coefficient (Wildman–Crippen LogP) is 1.97. The first-order valence-corrected chi connectivity index (χ1v) is 13.1. The van der Waals surface area contributed by atoms with Crippen LogP contribution >= 0.6 is 0 Å². The van der Waals surface area contributed by atoms with Crippen LogP contribution in [-0.4, -0.2) is 54.8 Å². The molecule has 0 aromatic heterocycles. The van der Waals surface area contributed by atoms with E-state index in [9.17, 15) is 21.6 Å². The molecule has 0 aliphatic carbocycles. The first kappa shape index (κ1) is 24.2. The van der Waals surface area contributed by atoms with Gasteiger partial charge in [0.2, 0.25) is 5.76 Å². The third-order valence-corrected chi connectivity index (χ3v) is 7.73. The summed E-state index contributed by atoms with van der Waals surface area (Å²) < 4.78 is 77.6. The highest BCUT2D eigenvalue weighted by Gasteiger charge is 2.46. The van der Waals surface area contributed by atoms with E-state index >= 15 is 0 Å². The van der Waals surface area contributed by atoms with Gasteiger partial charge in [0.15, 0.2) is 11.9 Å². The molecule has 34 heavy (non-hydrogen) atoms. The van der Waals surface area contributed by atoms with E-state index in [1.54, 1.807) is 38.1 Å². The summed E-state index contributed by atoms with van der Waals surface area (Å²) in [5, 5.41) is 0. The number of hydrogen-bond acceptors (Lipinski definition) is 10. The highest BCUT2D eigenvalue weighted by Crippen LogP contribution is 2.32. The van der Waals surface area contributed by atoms with Crippen LogP contribution in [0.3, 0.4) is 0 Å². The lowest BCUT2D eigenvalue weighted by molar-refractivity contribution is -0.146. The van der Waals surface area contributed by atoms with Crippen LogP contribution in [0.15, 0.2) is 69.8 Å². The Balaban J connectivity index is 1.63. The molecule has 12 heteroatoms. The van der Waals surface area contributed by atoms with Crippen molar-refractivity contribution in [1.82, 2.24) is 0 Å². The molecule has 0 amide bonds. The second kappa shape index (κ2) is 9.37. The molecule has 0 saturated heterocycles. The van der Waals surface area contributed by atoms with Crippen molar-refractivity contribution in [3.8, 4) is 0 Å². The molecular formula is C22H22O10S2. The topological polar surface area (TPSA) is 132 Å². The molecule has 0 N–H and O–H groups in total. The number of cyclic esters (lactones) is 1. The minimum atomic E-state index is -4.39. The van der Waals surface area contributed by atoms with E-state index in [4.69, 9.17) is 22.6 Å². The van der Waals surface area contributed by atoms with Crippen LogP contribution in [0.2, 0.25) is 0 Å². The van der Waals surface area contributed by atoms with E-state index < -0.39 is 45.0 Å². The molecule has 2 aromatic carbocycles. The quantitative estimate of drug-likeness (QED) is 0.383. The Bertz CT molecular complexity index is 1310. The van der Waals surface area contributed by atoms with E-state index in [0.717, 1.165) is 11.1 Å². The lowest BCUT2D eigenvalue weighted by Crippen LogP contribution is -2.38. The standard InChI is InChI=1S/C22H22O10S2/c1-14-3-7-16(8-4-14)33(24,25)30-13-18(19-20-21(22(23)31-19)29-12-11-28-20)32-34(26,27)17-9-5-15(2)6-10-17/h3-10,18-19H,11-13H2,1-2H3. The number of hydrogen-bond donors (Lipinski definition) is 0. The van der Waals surface area contributed by atoms with Crippen LogP contribution in [0.1, 0.15) is 11.1 Å². The zero-order valence-corrected chi connectivity index (χ0v) is 19.9. The lowest BCUT2D eigenvalue weighted by Gasteiger charge is -2.25. The summed E-state index contributed by atoms with van der Waals surface area (Å²) in [5.74, 6) is -1.15. The minimum absolute atomic E-state index is 0.0725. The maximum absolute atomic E-state index is 12.9. The Hall–Kier alpha value is -2.93. The van der Waals surface area contributed by atoms with Gasteiger partial charge >= 0.3 is 5.97 Å². The van der Waals surface area contributed by atoms with Gasteiger partial charge in [-0.1, -0.05) is 35.4 Å². The molecule has 0 spiro atoms. The summed E-state index contributed by atoms with van der Waals surface area (Å²) in [4.78, 5) is 11.9. The summed E-state index contributed by atoms with van der Waals surface area (Å²) in [6.07, 6.45) is -2.97. The molecule has 0 radical (unpaired) electrons. The molecule has 0 saturated carbocycles. The van der Waals surface area contributed by atoms with Gasteiger partial charge < -0.3 is 14.2 Å². The van der Waals surface area contributed by atoms with Crippen LogP contribution in [0.25, 0.3) is 0 Å². The maximum Gasteiger partial charge on any atom is 0.378 e. The number of carbonyl (C=O) groups excluding carboxylic acids is 1. The summed E-state index contributed by atoms with van der Waals surface area (Å²) in [5.41, 5.74) is 1.67. The summed E-state index contributed by atoms with van der Waals surface area (Å²) in [7, 11) is -8.67. The third-order valence-electron chi connectivity index (χ3n) is 5.08. The van der Waals surface area contributed by atoms with Gasteiger partial charge in [-0.3, -0.25) is 8.37 Å². The van der Waals surface area contributed by atoms with Crippen molar-refractivity contribution < 1.29 is 44.2 Å². The second-order valence-corrected chi connectivity index (χ2v) is 10.9. The van der Waals surface area contributed by atoms with E-state index in [1.807, 2.05) is 0 Å². The zero-order valence-electron chi connectivity index (χ0n) is 18.3. The van der Waals surface area contributed by atoms with Gasteiger partial charge in [0, 0.05) is 0 Å². The molecule has 182 valence electrons. The molecule has 4 rings (SSSR count). The molecule has 2 heterocycles. The van der Waals surface area contributed by atoms with Crippen molar-refractivity contribution in [2.24, 2.45) is 0 Å². The third kappa shape index (κ3) is 5.09. The molecular weight excluding hydrogens is 488 g/mol. The Morgan fingerprint density at radius 3 is 1.97 bits per heavy atom. The first-order valence-electron chi connectivity index (χ1n) is 10.2. The minimum Gasteiger partial charge on any atom is -0.486 e. The normalized spacial score (nSPS) is 19.1. The molecule has 2 aliphatic heterocycles. The zero-order chi connectivity index (χ0) is 24.5. The van der Waals surface area contributed by atoms with Crippen molar-refractivity contribution in [3.05, 3.63) is 71.2 Å². The Kier molecular flexibility index (Phi) is 6.67. The Morgan fingerprint density at radius 1 is 0.853 bits per heavy atom. The van der Waals surface area contributed by atoms with Gasteiger partial charge in [0.25, 0.3) is 20.2 Å². The fourth-order valence-electron chi connectivity index (χ4n) is 3.29. The number of aryl methyl sites for hydroxylation is 2. The van der Waals surface area contributed by atoms with Crippen molar-refractivity contribution in [1.29, 1.82) is 0 Å². The Labute approximate surface area is 197 Å². The highest BCUT2D eigenvalue weighted by molar-refractivity contribution is 7.87. The fraction of sp³-hybridized carbons (Fsp3) is 0.318. The van der Waals surface area contributed by atoms with Crippen LogP contribution < -0.4 is 0 Å². The van der Waals surface area contributed by atoms with Gasteiger partial charge in [0.1, 0.15) is 19.3 Å². The highest BCUT2D eigenvalue weighted by atomic mass is 32.2. The van der Waals surface area contributed by atoms with Gasteiger partial charge in [-0.25, -0.2) is 4.79 Å². The summed E-state index contributed by atoms with van der Waals surface area (Å²) >= 11 is 0. The van der Waals surface area contributed by atoms with Crippen LogP contribution in [0.4, 0.5) is 0 Å². The van der Waals surface area contributed by atoms with E-state index in [2.05, 4.69) is 0 Å². The van der Waals surface area contributed by atoms with Crippen LogP contribution in [0, 0.1) is 13.8 Å². The van der Waals surface area contributed by atoms with E-state index in [0.29, 0.717) is 0 Å². The monoisotopic (exact) mass is 510 g/mol. The second-order valence-electron chi connectivity index (χ2n) is 7.67. The van der Waals surface area contributed by atoms with Crippen molar-refractivity contribution in [2.45, 2.75) is 35.8 Å². The molecule has 2 atom stereocenters. The SMILES string of the molecule is Cc1ccc(S(=O)(=O)OCC(OS(=O)(=O)c2ccc(C)cc2)C2OC(=O)C3=C2OCCO3)cc1. The van der Waals surface area contributed by atoms with Gasteiger partial charge in [-0.2, -0.15) is 16.8 Å². The number of ether oxygens (including phenoxy) is 3. The number of rotatable bonds is 8. The average molecular weight is 511 g/mol. The van der Waals surface area contributed by atoms with Crippen molar-refractivity contribution in [2.75, 3.05) is 19.8 Å². The number of benzene rings is 2. The molecule has 0 bridgehead atoms. The van der Waals surface area contributed by atoms with Crippen LogP contribution in [-0.2, 0) is 47.6 Å². The fourth-order valence-corrected chi connectivity index (χ4v) is 5.27. The van der Waals surface area contributed by atoms with Crippen LogP contribution in [0.5, 0.6) is 0 Å². The van der Waals surface area contributed by atoms with Gasteiger partial charge in [0.05, 0.1) is 16.4 Å². The van der Waals surface area contributed by atoms with Gasteiger partial charge in [-0.05, 0) is 38.1 Å². The number of carbonyl (C=O) groups is 1. The molecule has 2 aromatic rings. The smallest absolute Gasteiger partial charge is 0.378 e. The van der Waals surface area contributed by atoms with Crippen molar-refractivity contribution in [3.63, 3.8) is 0 Å². The molecule has 0 fully saturated rings. The maximum atomic E-state index is 12.9. The number of esters is 1. The first-order chi connectivity index (χ1) is 16.1.